The molecule has 9 heteroatoms. The van der Waals surface area contributed by atoms with Crippen molar-refractivity contribution in [2.75, 3.05) is 13.7 Å². The number of ether oxygens (including phenoxy) is 2. The number of hydrogen-bond acceptors (Lipinski definition) is 7. The third-order valence-corrected chi connectivity index (χ3v) is 7.02. The van der Waals surface area contributed by atoms with E-state index < -0.39 is 11.9 Å². The first-order chi connectivity index (χ1) is 15.0. The van der Waals surface area contributed by atoms with Crippen molar-refractivity contribution in [3.8, 4) is 16.3 Å². The van der Waals surface area contributed by atoms with Crippen LogP contribution in [-0.2, 0) is 16.1 Å². The highest BCUT2D eigenvalue weighted by Crippen LogP contribution is 2.35. The molecule has 1 amide bonds. The Bertz CT molecular complexity index is 1230. The molecule has 31 heavy (non-hydrogen) atoms. The van der Waals surface area contributed by atoms with Crippen LogP contribution < -0.4 is 10.1 Å². The summed E-state index contributed by atoms with van der Waals surface area (Å²) >= 11 is 9.04. The van der Waals surface area contributed by atoms with Crippen LogP contribution in [0.15, 0.2) is 53.9 Å². The minimum absolute atomic E-state index is 0.0327. The maximum absolute atomic E-state index is 12.4. The molecule has 0 fully saturated rings. The van der Waals surface area contributed by atoms with Crippen LogP contribution in [0.5, 0.6) is 5.75 Å². The van der Waals surface area contributed by atoms with Crippen molar-refractivity contribution in [3.05, 3.63) is 69.5 Å². The topological polar surface area (TPSA) is 77.5 Å². The van der Waals surface area contributed by atoms with Crippen LogP contribution in [0.3, 0.4) is 0 Å². The van der Waals surface area contributed by atoms with E-state index in [1.54, 1.807) is 7.11 Å². The van der Waals surface area contributed by atoms with Crippen LogP contribution in [-0.4, -0.2) is 30.5 Å². The van der Waals surface area contributed by atoms with Gasteiger partial charge in [-0.15, -0.1) is 22.7 Å². The maximum Gasteiger partial charge on any atom is 0.325 e. The molecule has 0 aliphatic carbocycles. The van der Waals surface area contributed by atoms with E-state index in [9.17, 15) is 9.59 Å². The lowest BCUT2D eigenvalue weighted by atomic mass is 10.2. The number of rotatable bonds is 7. The number of amides is 1. The SMILES string of the molecule is COc1ccc(-c2nc(COC(=O)CNC(=O)c3sc4ccccc4c3Cl)cs2)cc1. The second kappa shape index (κ2) is 9.47. The Labute approximate surface area is 191 Å². The van der Waals surface area contributed by atoms with Gasteiger partial charge in [0.1, 0.15) is 28.8 Å². The summed E-state index contributed by atoms with van der Waals surface area (Å²) in [4.78, 5) is 29.3. The molecule has 2 heterocycles. The van der Waals surface area contributed by atoms with E-state index in [4.69, 9.17) is 21.1 Å². The van der Waals surface area contributed by atoms with E-state index in [-0.39, 0.29) is 13.2 Å². The fourth-order valence-electron chi connectivity index (χ4n) is 2.84. The highest BCUT2D eigenvalue weighted by Gasteiger charge is 2.18. The lowest BCUT2D eigenvalue weighted by Crippen LogP contribution is -2.30. The normalized spacial score (nSPS) is 10.8. The van der Waals surface area contributed by atoms with Crippen LogP contribution in [0.4, 0.5) is 0 Å². The lowest BCUT2D eigenvalue weighted by Gasteiger charge is -2.05. The number of esters is 1. The molecule has 4 rings (SSSR count). The minimum atomic E-state index is -0.551. The molecule has 0 aliphatic heterocycles. The molecule has 0 saturated carbocycles. The molecule has 0 bridgehead atoms. The summed E-state index contributed by atoms with van der Waals surface area (Å²) in [6.07, 6.45) is 0. The molecular weight excluding hydrogens is 456 g/mol. The van der Waals surface area contributed by atoms with Gasteiger partial charge in [0, 0.05) is 21.0 Å². The molecule has 2 aromatic carbocycles. The van der Waals surface area contributed by atoms with Gasteiger partial charge in [0.2, 0.25) is 0 Å². The zero-order valence-corrected chi connectivity index (χ0v) is 18.8. The van der Waals surface area contributed by atoms with Gasteiger partial charge in [-0.25, -0.2) is 4.98 Å². The van der Waals surface area contributed by atoms with Crippen molar-refractivity contribution in [2.24, 2.45) is 0 Å². The second-order valence-electron chi connectivity index (χ2n) is 6.46. The van der Waals surface area contributed by atoms with Gasteiger partial charge in [-0.1, -0.05) is 29.8 Å². The maximum atomic E-state index is 12.4. The Morgan fingerprint density at radius 1 is 1.13 bits per heavy atom. The van der Waals surface area contributed by atoms with Crippen LogP contribution in [0, 0.1) is 0 Å². The summed E-state index contributed by atoms with van der Waals surface area (Å²) in [5.74, 6) is -0.184. The number of carbonyl (C=O) groups excluding carboxylic acids is 2. The Morgan fingerprint density at radius 2 is 1.90 bits per heavy atom. The Balaban J connectivity index is 1.29. The first-order valence-electron chi connectivity index (χ1n) is 9.25. The average Bonchev–Trinajstić information content (AvgIpc) is 3.41. The van der Waals surface area contributed by atoms with Crippen molar-refractivity contribution >= 4 is 56.2 Å². The smallest absolute Gasteiger partial charge is 0.325 e. The van der Waals surface area contributed by atoms with Gasteiger partial charge < -0.3 is 14.8 Å². The number of thiophene rings is 1. The van der Waals surface area contributed by atoms with E-state index in [0.717, 1.165) is 26.4 Å². The number of hydrogen-bond donors (Lipinski definition) is 1. The molecule has 1 N–H and O–H groups in total. The van der Waals surface area contributed by atoms with E-state index in [1.807, 2.05) is 53.9 Å². The number of nitrogens with zero attached hydrogens (tertiary/aromatic N) is 1. The lowest BCUT2D eigenvalue weighted by molar-refractivity contribution is -0.143. The predicted molar refractivity (Wildman–Crippen MR) is 123 cm³/mol. The minimum Gasteiger partial charge on any atom is -0.497 e. The van der Waals surface area contributed by atoms with Gasteiger partial charge in [0.15, 0.2) is 0 Å². The van der Waals surface area contributed by atoms with E-state index in [2.05, 4.69) is 10.3 Å². The summed E-state index contributed by atoms with van der Waals surface area (Å²) in [5, 5.41) is 6.42. The van der Waals surface area contributed by atoms with Crippen LogP contribution in [0.25, 0.3) is 20.7 Å². The first kappa shape index (κ1) is 21.3. The summed E-state index contributed by atoms with van der Waals surface area (Å²) in [6.45, 7) is -0.218. The highest BCUT2D eigenvalue weighted by atomic mass is 35.5. The number of benzene rings is 2. The van der Waals surface area contributed by atoms with Crippen molar-refractivity contribution in [1.29, 1.82) is 0 Å². The molecule has 0 unspecified atom stereocenters. The number of fused-ring (bicyclic) bond motifs is 1. The zero-order chi connectivity index (χ0) is 21.8. The number of halogens is 1. The van der Waals surface area contributed by atoms with Gasteiger partial charge in [0.05, 0.1) is 17.8 Å². The standard InChI is InChI=1S/C22H17ClN2O4S2/c1-28-15-8-6-13(7-9-15)22-25-14(12-30-22)11-29-18(26)10-24-21(27)20-19(23)16-4-2-3-5-17(16)31-20/h2-9,12H,10-11H2,1H3,(H,24,27). The van der Waals surface area contributed by atoms with E-state index >= 15 is 0 Å². The molecule has 0 saturated heterocycles. The molecule has 0 spiro atoms. The highest BCUT2D eigenvalue weighted by molar-refractivity contribution is 7.21. The molecule has 4 aromatic rings. The van der Waals surface area contributed by atoms with E-state index in [1.165, 1.54) is 22.7 Å². The van der Waals surface area contributed by atoms with Crippen LogP contribution in [0.1, 0.15) is 15.4 Å². The van der Waals surface area contributed by atoms with Crippen LogP contribution in [0.2, 0.25) is 5.02 Å². The molecular formula is C22H17ClN2O4S2. The number of thiazole rings is 1. The Hall–Kier alpha value is -2.94. The molecule has 0 aliphatic rings. The number of aromatic nitrogens is 1. The number of carbonyl (C=O) groups is 2. The summed E-state index contributed by atoms with van der Waals surface area (Å²) in [6, 6.07) is 15.1. The summed E-state index contributed by atoms with van der Waals surface area (Å²) in [5.41, 5.74) is 1.60. The van der Waals surface area contributed by atoms with Gasteiger partial charge in [0.25, 0.3) is 5.91 Å². The fourth-order valence-corrected chi connectivity index (χ4v) is 5.08. The van der Waals surface area contributed by atoms with E-state index in [0.29, 0.717) is 15.6 Å². The molecule has 6 nitrogen and oxygen atoms in total. The van der Waals surface area contributed by atoms with Gasteiger partial charge in [-0.05, 0) is 30.3 Å². The molecule has 0 atom stereocenters. The second-order valence-corrected chi connectivity index (χ2v) is 8.75. The number of nitrogens with one attached hydrogen (secondary N) is 1. The molecule has 158 valence electrons. The quantitative estimate of drug-likeness (QED) is 0.376. The Kier molecular flexibility index (Phi) is 6.50. The largest absolute Gasteiger partial charge is 0.497 e. The first-order valence-corrected chi connectivity index (χ1v) is 11.3. The summed E-state index contributed by atoms with van der Waals surface area (Å²) in [7, 11) is 1.62. The van der Waals surface area contributed by atoms with Crippen molar-refractivity contribution in [3.63, 3.8) is 0 Å². The third-order valence-electron chi connectivity index (χ3n) is 4.40. The third kappa shape index (κ3) is 4.87. The van der Waals surface area contributed by atoms with Crippen LogP contribution >= 0.6 is 34.3 Å². The Morgan fingerprint density at radius 3 is 2.65 bits per heavy atom. The van der Waals surface area contributed by atoms with Gasteiger partial charge in [-0.2, -0.15) is 0 Å². The predicted octanol–water partition coefficient (Wildman–Crippen LogP) is 5.16. The molecule has 2 aromatic heterocycles. The average molecular weight is 473 g/mol. The van der Waals surface area contributed by atoms with Crippen molar-refractivity contribution < 1.29 is 19.1 Å². The zero-order valence-electron chi connectivity index (χ0n) is 16.4. The van der Waals surface area contributed by atoms with Gasteiger partial charge in [-0.3, -0.25) is 9.59 Å². The molecule has 0 radical (unpaired) electrons. The van der Waals surface area contributed by atoms with Crippen molar-refractivity contribution in [1.82, 2.24) is 10.3 Å². The van der Waals surface area contributed by atoms with Gasteiger partial charge >= 0.3 is 5.97 Å². The monoisotopic (exact) mass is 472 g/mol. The number of methoxy groups -OCH3 is 1. The summed E-state index contributed by atoms with van der Waals surface area (Å²) < 4.78 is 11.3. The fraction of sp³-hybridized carbons (Fsp3) is 0.136. The van der Waals surface area contributed by atoms with Crippen molar-refractivity contribution in [2.45, 2.75) is 6.61 Å².